The van der Waals surface area contributed by atoms with Crippen LogP contribution in [-0.4, -0.2) is 95.4 Å². The molecular weight excluding hydrogens is 433 g/mol. The molecule has 0 fully saturated rings. The van der Waals surface area contributed by atoms with E-state index in [2.05, 4.69) is 40.9 Å². The summed E-state index contributed by atoms with van der Waals surface area (Å²) in [6, 6.07) is 0. The molecule has 0 heterocycles. The van der Waals surface area contributed by atoms with Gasteiger partial charge in [-0.15, -0.1) is 12.4 Å². The van der Waals surface area contributed by atoms with E-state index in [1.54, 1.807) is 6.92 Å². The van der Waals surface area contributed by atoms with Crippen LogP contribution in [0.3, 0.4) is 0 Å². The second kappa shape index (κ2) is 20.4. The van der Waals surface area contributed by atoms with Crippen LogP contribution in [0.2, 0.25) is 0 Å². The molecule has 0 saturated carbocycles. The monoisotopic (exact) mass is 471 g/mol. The van der Waals surface area contributed by atoms with Gasteiger partial charge in [0.25, 0.3) is 0 Å². The maximum atomic E-state index is 10.9. The number of quaternary nitrogens is 2. The van der Waals surface area contributed by atoms with Gasteiger partial charge in [-0.3, -0.25) is 0 Å². The molecule has 0 unspecified atom stereocenters. The van der Waals surface area contributed by atoms with Gasteiger partial charge in [-0.25, -0.2) is 9.59 Å². The largest absolute Gasteiger partial charge is 1.00 e. The molecule has 10 heteroatoms. The highest BCUT2D eigenvalue weighted by atomic mass is 35.5. The number of esters is 2. The summed E-state index contributed by atoms with van der Waals surface area (Å²) in [5.41, 5.74) is 0.455. The topological polar surface area (TPSA) is 99.5 Å². The lowest BCUT2D eigenvalue weighted by molar-refractivity contribution is -0.870. The highest BCUT2D eigenvalue weighted by Gasteiger charge is 2.09. The number of likely N-dealkylation sites (N-methyl/N-ethyl adjacent to an activating group) is 2. The number of rotatable bonds is 9. The fourth-order valence-corrected chi connectivity index (χ4v) is 1.01. The minimum Gasteiger partial charge on any atom is -1.00 e. The van der Waals surface area contributed by atoms with Gasteiger partial charge < -0.3 is 41.4 Å². The Morgan fingerprint density at radius 1 is 0.933 bits per heavy atom. The predicted octanol–water partition coefficient (Wildman–Crippen LogP) is -1.83. The molecule has 0 amide bonds. The second-order valence-corrected chi connectivity index (χ2v) is 7.88. The van der Waals surface area contributed by atoms with Crippen LogP contribution in [0.4, 0.5) is 0 Å². The molecule has 0 aliphatic heterocycles. The van der Waals surface area contributed by atoms with Gasteiger partial charge in [0.05, 0.1) is 42.3 Å². The average Bonchev–Trinajstić information content (AvgIpc) is 2.53. The zero-order chi connectivity index (χ0) is 23.0. The Kier molecular flexibility index (Phi) is 26.3. The number of nitrogens with zero attached hydrogens (tertiary/aromatic N) is 2. The van der Waals surface area contributed by atoms with Gasteiger partial charge >= 0.3 is 11.9 Å². The summed E-state index contributed by atoms with van der Waals surface area (Å²) in [6.45, 7) is 14.0. The van der Waals surface area contributed by atoms with Gasteiger partial charge in [-0.2, -0.15) is 0 Å². The molecule has 0 atom stereocenters. The molecule has 0 aliphatic rings. The molecule has 0 bridgehead atoms. The highest BCUT2D eigenvalue weighted by molar-refractivity contribution is 5.86. The van der Waals surface area contributed by atoms with Crippen molar-refractivity contribution in [1.82, 2.24) is 0 Å². The van der Waals surface area contributed by atoms with Gasteiger partial charge in [-0.1, -0.05) is 25.8 Å². The van der Waals surface area contributed by atoms with E-state index in [9.17, 15) is 14.7 Å². The molecule has 0 rings (SSSR count). The molecule has 0 saturated heterocycles. The Balaban J connectivity index is -0.000000108. The van der Waals surface area contributed by atoms with Crippen LogP contribution in [0, 0.1) is 5.41 Å². The molecule has 178 valence electrons. The van der Waals surface area contributed by atoms with Crippen molar-refractivity contribution in [2.45, 2.75) is 6.92 Å². The zero-order valence-electron chi connectivity index (χ0n) is 19.3. The normalized spacial score (nSPS) is 9.43. The quantitative estimate of drug-likeness (QED) is 0.140. The Morgan fingerprint density at radius 3 is 1.50 bits per heavy atom. The molecule has 0 aromatic heterocycles. The molecule has 0 spiro atoms. The van der Waals surface area contributed by atoms with Crippen molar-refractivity contribution >= 4 is 30.2 Å². The molecule has 0 aromatic carbocycles. The van der Waals surface area contributed by atoms with E-state index in [1.807, 2.05) is 21.1 Å². The van der Waals surface area contributed by atoms with E-state index < -0.39 is 5.90 Å². The minimum absolute atomic E-state index is 0. The van der Waals surface area contributed by atoms with Crippen LogP contribution in [0.15, 0.2) is 37.5 Å². The van der Waals surface area contributed by atoms with Crippen molar-refractivity contribution in [2.75, 3.05) is 68.6 Å². The van der Waals surface area contributed by atoms with Crippen molar-refractivity contribution in [3.8, 4) is 0 Å². The lowest BCUT2D eigenvalue weighted by Crippen LogP contribution is -3.00. The molecule has 0 aliphatic carbocycles. The Labute approximate surface area is 194 Å². The lowest BCUT2D eigenvalue weighted by atomic mass is 10.4. The van der Waals surface area contributed by atoms with Crippen molar-refractivity contribution in [3.05, 3.63) is 37.5 Å². The van der Waals surface area contributed by atoms with Crippen LogP contribution in [0.1, 0.15) is 6.92 Å². The smallest absolute Gasteiger partial charge is 0.333 e. The number of hydrogen-bond donors (Lipinski definition) is 1. The van der Waals surface area contributed by atoms with Crippen LogP contribution in [0.5, 0.6) is 0 Å². The summed E-state index contributed by atoms with van der Waals surface area (Å²) in [6.07, 6.45) is 2.12. The van der Waals surface area contributed by atoms with Gasteiger partial charge in [0.1, 0.15) is 26.3 Å². The molecular formula is C20H39Cl2N3O5. The van der Waals surface area contributed by atoms with E-state index in [-0.39, 0.29) is 36.8 Å². The van der Waals surface area contributed by atoms with Crippen LogP contribution in [0.25, 0.3) is 0 Å². The first-order chi connectivity index (χ1) is 12.6. The van der Waals surface area contributed by atoms with Gasteiger partial charge in [0.15, 0.2) is 0 Å². The SMILES string of the molecule is C=C(C)C(=O)OCC[N+](C)(C)C.C=CC(=N)[O-].C=CC(=O)OCC[N+](C)(C)C.Cl.[Cl-]. The fourth-order valence-electron chi connectivity index (χ4n) is 1.01. The first-order valence-electron chi connectivity index (χ1n) is 8.66. The Hall–Kier alpha value is -1.87. The van der Waals surface area contributed by atoms with Crippen molar-refractivity contribution in [2.24, 2.45) is 0 Å². The van der Waals surface area contributed by atoms with Gasteiger partial charge in [-0.05, 0) is 12.8 Å². The van der Waals surface area contributed by atoms with Crippen molar-refractivity contribution < 1.29 is 45.5 Å². The summed E-state index contributed by atoms with van der Waals surface area (Å²) < 4.78 is 11.3. The number of ether oxygens (including phenoxy) is 2. The number of carbonyl (C=O) groups excluding carboxylic acids is 2. The number of nitrogens with one attached hydrogen (secondary N) is 1. The fraction of sp³-hybridized carbons (Fsp3) is 0.550. The number of halogens is 2. The first-order valence-corrected chi connectivity index (χ1v) is 8.66. The predicted molar refractivity (Wildman–Crippen MR) is 118 cm³/mol. The maximum absolute atomic E-state index is 10.9. The lowest BCUT2D eigenvalue weighted by Gasteiger charge is -2.23. The Morgan fingerprint density at radius 2 is 1.27 bits per heavy atom. The maximum Gasteiger partial charge on any atom is 0.333 e. The van der Waals surface area contributed by atoms with Gasteiger partial charge in [0.2, 0.25) is 0 Å². The van der Waals surface area contributed by atoms with Crippen molar-refractivity contribution in [1.29, 1.82) is 5.41 Å². The summed E-state index contributed by atoms with van der Waals surface area (Å²) in [5.74, 6) is -1.38. The molecule has 8 nitrogen and oxygen atoms in total. The summed E-state index contributed by atoms with van der Waals surface area (Å²) in [7, 11) is 12.3. The van der Waals surface area contributed by atoms with Crippen molar-refractivity contribution in [3.63, 3.8) is 0 Å². The minimum atomic E-state index is -0.731. The summed E-state index contributed by atoms with van der Waals surface area (Å²) in [5, 5.41) is 15.4. The third-order valence-corrected chi connectivity index (χ3v) is 2.70. The van der Waals surface area contributed by atoms with Crippen LogP contribution < -0.4 is 17.5 Å². The molecule has 30 heavy (non-hydrogen) atoms. The number of hydrogen-bond acceptors (Lipinski definition) is 6. The van der Waals surface area contributed by atoms with E-state index in [1.165, 1.54) is 6.08 Å². The number of carbonyl (C=O) groups is 2. The standard InChI is InChI=1S/C9H18NO2.C8H16NO2.C3H5NO.2ClH/c1-8(2)9(11)12-7-6-10(3,4)5;1-5-8(10)11-7-6-9(2,3)4;1-2-3(4)5;;/h1,6-7H2,2-5H3;5H,1,6-7H2,2-4H3;2H,1H2,(H2,4,5);2*1H/q2*+1;;;/p-2. The second-order valence-electron chi connectivity index (χ2n) is 7.88. The molecule has 0 aromatic rings. The average molecular weight is 472 g/mol. The Bertz CT molecular complexity index is 540. The van der Waals surface area contributed by atoms with E-state index >= 15 is 0 Å². The summed E-state index contributed by atoms with van der Waals surface area (Å²) >= 11 is 0. The van der Waals surface area contributed by atoms with Crippen LogP contribution in [-0.2, 0) is 19.1 Å². The summed E-state index contributed by atoms with van der Waals surface area (Å²) in [4.78, 5) is 21.5. The zero-order valence-corrected chi connectivity index (χ0v) is 20.9. The third-order valence-electron chi connectivity index (χ3n) is 2.70. The highest BCUT2D eigenvalue weighted by Crippen LogP contribution is 1.94. The first kappa shape index (κ1) is 38.7. The van der Waals surface area contributed by atoms with E-state index in [0.29, 0.717) is 18.8 Å². The van der Waals surface area contributed by atoms with Gasteiger partial charge in [0, 0.05) is 11.6 Å². The molecule has 0 radical (unpaired) electrons. The third kappa shape index (κ3) is 40.7. The van der Waals surface area contributed by atoms with Crippen LogP contribution >= 0.6 is 12.4 Å². The van der Waals surface area contributed by atoms with E-state index in [0.717, 1.165) is 28.1 Å². The molecule has 1 N–H and O–H groups in total. The van der Waals surface area contributed by atoms with E-state index in [4.69, 9.17) is 14.9 Å².